The van der Waals surface area contributed by atoms with E-state index in [0.717, 1.165) is 5.56 Å². The first-order valence-electron chi connectivity index (χ1n) is 7.43. The van der Waals surface area contributed by atoms with Crippen LogP contribution in [0.3, 0.4) is 0 Å². The van der Waals surface area contributed by atoms with Crippen LogP contribution in [-0.4, -0.2) is 18.4 Å². The second-order valence-electron chi connectivity index (χ2n) is 5.40. The third-order valence-corrected chi connectivity index (χ3v) is 3.81. The summed E-state index contributed by atoms with van der Waals surface area (Å²) >= 11 is 5.98. The molecular weight excluding hydrogens is 331 g/mol. The van der Waals surface area contributed by atoms with Gasteiger partial charge in [0.15, 0.2) is 0 Å². The molecule has 0 spiro atoms. The highest BCUT2D eigenvalue weighted by Gasteiger charge is 2.18. The predicted molar refractivity (Wildman–Crippen MR) is 92.5 cm³/mol. The molecule has 0 aromatic heterocycles. The number of rotatable bonds is 5. The van der Waals surface area contributed by atoms with Gasteiger partial charge in [0.05, 0.1) is 0 Å². The molecule has 126 valence electrons. The van der Waals surface area contributed by atoms with Crippen molar-refractivity contribution in [2.45, 2.75) is 20.4 Å². The Morgan fingerprint density at radius 3 is 2.58 bits per heavy atom. The average Bonchev–Trinajstić information content (AvgIpc) is 2.54. The molecule has 6 heteroatoms. The number of hydrogen-bond acceptors (Lipinski definition) is 2. The minimum atomic E-state index is -0.382. The van der Waals surface area contributed by atoms with Crippen molar-refractivity contribution in [1.29, 1.82) is 0 Å². The number of aryl methyl sites for hydroxylation is 1. The number of benzene rings is 2. The predicted octanol–water partition coefficient (Wildman–Crippen LogP) is 3.46. The van der Waals surface area contributed by atoms with Gasteiger partial charge in [0.2, 0.25) is 11.8 Å². The van der Waals surface area contributed by atoms with Gasteiger partial charge in [-0.3, -0.25) is 9.59 Å². The molecule has 0 radical (unpaired) electrons. The minimum absolute atomic E-state index is 0.0613. The van der Waals surface area contributed by atoms with Crippen molar-refractivity contribution < 1.29 is 14.0 Å². The van der Waals surface area contributed by atoms with Crippen LogP contribution >= 0.6 is 11.6 Å². The van der Waals surface area contributed by atoms with E-state index < -0.39 is 0 Å². The van der Waals surface area contributed by atoms with Crippen molar-refractivity contribution in [2.75, 3.05) is 11.4 Å². The first-order chi connectivity index (χ1) is 11.4. The van der Waals surface area contributed by atoms with Crippen LogP contribution in [0.5, 0.6) is 0 Å². The second-order valence-corrected chi connectivity index (χ2v) is 5.84. The molecule has 0 fully saturated rings. The van der Waals surface area contributed by atoms with E-state index in [1.807, 2.05) is 6.92 Å². The number of halogens is 2. The summed E-state index contributed by atoms with van der Waals surface area (Å²) in [6.07, 6.45) is 0. The summed E-state index contributed by atoms with van der Waals surface area (Å²) in [5.74, 6) is -1.04. The van der Waals surface area contributed by atoms with Gasteiger partial charge in [-0.25, -0.2) is 4.39 Å². The van der Waals surface area contributed by atoms with Crippen molar-refractivity contribution in [3.8, 4) is 0 Å². The highest BCUT2D eigenvalue weighted by atomic mass is 35.5. The van der Waals surface area contributed by atoms with Gasteiger partial charge in [0.1, 0.15) is 12.4 Å². The summed E-state index contributed by atoms with van der Waals surface area (Å²) in [7, 11) is 0. The van der Waals surface area contributed by atoms with Gasteiger partial charge < -0.3 is 10.2 Å². The van der Waals surface area contributed by atoms with Crippen LogP contribution < -0.4 is 10.2 Å². The highest BCUT2D eigenvalue weighted by Crippen LogP contribution is 2.24. The minimum Gasteiger partial charge on any atom is -0.350 e. The normalized spacial score (nSPS) is 10.3. The molecule has 24 heavy (non-hydrogen) atoms. The number of anilines is 1. The summed E-state index contributed by atoms with van der Waals surface area (Å²) in [5.41, 5.74) is 1.80. The molecule has 0 saturated carbocycles. The molecule has 2 aromatic carbocycles. The van der Waals surface area contributed by atoms with Crippen molar-refractivity contribution in [2.24, 2.45) is 0 Å². The molecule has 2 aromatic rings. The maximum Gasteiger partial charge on any atom is 0.240 e. The van der Waals surface area contributed by atoms with Gasteiger partial charge in [-0.2, -0.15) is 0 Å². The third-order valence-electron chi connectivity index (χ3n) is 3.58. The second kappa shape index (κ2) is 7.93. The summed E-state index contributed by atoms with van der Waals surface area (Å²) in [6, 6.07) is 11.4. The van der Waals surface area contributed by atoms with Crippen LogP contribution in [0.2, 0.25) is 5.02 Å². The standard InChI is InChI=1S/C18H18ClFN2O2/c1-12-7-8-15(19)9-17(12)22(13(2)23)11-18(24)21-10-14-5-3-4-6-16(14)20/h3-9H,10-11H2,1-2H3,(H,21,24). The lowest BCUT2D eigenvalue weighted by Crippen LogP contribution is -2.40. The SMILES string of the molecule is CC(=O)N(CC(=O)NCc1ccccc1F)c1cc(Cl)ccc1C. The molecule has 0 bridgehead atoms. The summed E-state index contributed by atoms with van der Waals surface area (Å²) in [5, 5.41) is 3.10. The largest absolute Gasteiger partial charge is 0.350 e. The molecule has 0 aliphatic carbocycles. The lowest BCUT2D eigenvalue weighted by atomic mass is 10.1. The van der Waals surface area contributed by atoms with Crippen LogP contribution in [0.1, 0.15) is 18.1 Å². The van der Waals surface area contributed by atoms with E-state index in [0.29, 0.717) is 16.3 Å². The fourth-order valence-electron chi connectivity index (χ4n) is 2.27. The Hall–Kier alpha value is -2.40. The quantitative estimate of drug-likeness (QED) is 0.899. The number of amides is 2. The number of hydrogen-bond donors (Lipinski definition) is 1. The summed E-state index contributed by atoms with van der Waals surface area (Å²) in [6.45, 7) is 3.11. The highest BCUT2D eigenvalue weighted by molar-refractivity contribution is 6.31. The molecule has 2 amide bonds. The smallest absolute Gasteiger partial charge is 0.240 e. The van der Waals surface area contributed by atoms with Gasteiger partial charge in [-0.15, -0.1) is 0 Å². The maximum absolute atomic E-state index is 13.6. The lowest BCUT2D eigenvalue weighted by molar-refractivity contribution is -0.123. The van der Waals surface area contributed by atoms with E-state index in [1.54, 1.807) is 36.4 Å². The summed E-state index contributed by atoms with van der Waals surface area (Å²) in [4.78, 5) is 25.4. The van der Waals surface area contributed by atoms with Crippen LogP contribution in [0, 0.1) is 12.7 Å². The number of nitrogens with one attached hydrogen (secondary N) is 1. The zero-order valence-electron chi connectivity index (χ0n) is 13.5. The molecule has 0 aliphatic heterocycles. The van der Waals surface area contributed by atoms with Crippen molar-refractivity contribution in [3.05, 3.63) is 64.4 Å². The number of carbonyl (C=O) groups excluding carboxylic acids is 2. The molecule has 0 aliphatic rings. The van der Waals surface area contributed by atoms with E-state index >= 15 is 0 Å². The lowest BCUT2D eigenvalue weighted by Gasteiger charge is -2.23. The molecule has 0 heterocycles. The van der Waals surface area contributed by atoms with Gasteiger partial charge >= 0.3 is 0 Å². The fourth-order valence-corrected chi connectivity index (χ4v) is 2.44. The van der Waals surface area contributed by atoms with Gasteiger partial charge in [0, 0.05) is 29.7 Å². The zero-order chi connectivity index (χ0) is 17.7. The van der Waals surface area contributed by atoms with Crippen LogP contribution in [0.25, 0.3) is 0 Å². The Balaban J connectivity index is 2.08. The number of carbonyl (C=O) groups is 2. The van der Waals surface area contributed by atoms with E-state index in [-0.39, 0.29) is 30.7 Å². The van der Waals surface area contributed by atoms with E-state index in [2.05, 4.69) is 5.32 Å². The zero-order valence-corrected chi connectivity index (χ0v) is 14.2. The average molecular weight is 349 g/mol. The molecule has 0 unspecified atom stereocenters. The fraction of sp³-hybridized carbons (Fsp3) is 0.222. The van der Waals surface area contributed by atoms with E-state index in [4.69, 9.17) is 11.6 Å². The van der Waals surface area contributed by atoms with Crippen LogP contribution in [0.4, 0.5) is 10.1 Å². The van der Waals surface area contributed by atoms with Gasteiger partial charge in [-0.05, 0) is 30.7 Å². The molecule has 0 atom stereocenters. The van der Waals surface area contributed by atoms with Crippen LogP contribution in [0.15, 0.2) is 42.5 Å². The first kappa shape index (κ1) is 17.9. The Morgan fingerprint density at radius 1 is 1.21 bits per heavy atom. The number of nitrogens with zero attached hydrogens (tertiary/aromatic N) is 1. The molecule has 4 nitrogen and oxygen atoms in total. The Kier molecular flexibility index (Phi) is 5.93. The molecule has 2 rings (SSSR count). The maximum atomic E-state index is 13.6. The topological polar surface area (TPSA) is 49.4 Å². The van der Waals surface area contributed by atoms with Crippen molar-refractivity contribution in [3.63, 3.8) is 0 Å². The molecular formula is C18H18ClFN2O2. The van der Waals surface area contributed by atoms with Crippen LogP contribution in [-0.2, 0) is 16.1 Å². The van der Waals surface area contributed by atoms with Crippen molar-refractivity contribution in [1.82, 2.24) is 5.32 Å². The Labute approximate surface area is 145 Å². The Bertz CT molecular complexity index is 764. The van der Waals surface area contributed by atoms with Crippen molar-refractivity contribution >= 4 is 29.1 Å². The summed E-state index contributed by atoms with van der Waals surface area (Å²) < 4.78 is 13.6. The van der Waals surface area contributed by atoms with E-state index in [9.17, 15) is 14.0 Å². The van der Waals surface area contributed by atoms with Gasteiger partial charge in [0.25, 0.3) is 0 Å². The molecule has 1 N–H and O–H groups in total. The third kappa shape index (κ3) is 4.55. The monoisotopic (exact) mass is 348 g/mol. The Morgan fingerprint density at radius 2 is 1.92 bits per heavy atom. The van der Waals surface area contributed by atoms with Gasteiger partial charge in [-0.1, -0.05) is 35.9 Å². The first-order valence-corrected chi connectivity index (χ1v) is 7.80. The molecule has 0 saturated heterocycles. The van der Waals surface area contributed by atoms with E-state index in [1.165, 1.54) is 17.9 Å².